The fourth-order valence-electron chi connectivity index (χ4n) is 2.11. The minimum atomic E-state index is -0.806. The molecule has 0 saturated carbocycles. The number of nitriles is 1. The first-order chi connectivity index (χ1) is 6.57. The first-order valence-electron chi connectivity index (χ1n) is 4.96. The standard InChI is InChI=1S/C10H16N2O2/c1-7-4-3-5-12(8(2)6-11)9(7)10(13)14/h7-9H,3-5H2,1-2H3,(H,13,14). The summed E-state index contributed by atoms with van der Waals surface area (Å²) in [6, 6.07) is 1.31. The average Bonchev–Trinajstić information content (AvgIpc) is 2.15. The lowest BCUT2D eigenvalue weighted by atomic mass is 9.90. The quantitative estimate of drug-likeness (QED) is 0.717. The summed E-state index contributed by atoms with van der Waals surface area (Å²) < 4.78 is 0. The highest BCUT2D eigenvalue weighted by Crippen LogP contribution is 2.25. The van der Waals surface area contributed by atoms with Crippen LogP contribution in [0.15, 0.2) is 0 Å². The van der Waals surface area contributed by atoms with Crippen molar-refractivity contribution < 1.29 is 9.90 Å². The minimum Gasteiger partial charge on any atom is -0.480 e. The summed E-state index contributed by atoms with van der Waals surface area (Å²) >= 11 is 0. The van der Waals surface area contributed by atoms with E-state index in [1.165, 1.54) is 0 Å². The largest absolute Gasteiger partial charge is 0.480 e. The van der Waals surface area contributed by atoms with E-state index in [2.05, 4.69) is 6.07 Å². The van der Waals surface area contributed by atoms with Gasteiger partial charge in [0.25, 0.3) is 0 Å². The number of nitrogens with zero attached hydrogens (tertiary/aromatic N) is 2. The maximum Gasteiger partial charge on any atom is 0.321 e. The molecule has 1 aliphatic rings. The van der Waals surface area contributed by atoms with Gasteiger partial charge in [-0.1, -0.05) is 6.92 Å². The molecular formula is C10H16N2O2. The number of piperidine rings is 1. The molecule has 0 aromatic carbocycles. The maximum absolute atomic E-state index is 11.0. The second-order valence-corrected chi connectivity index (χ2v) is 3.95. The van der Waals surface area contributed by atoms with Crippen molar-refractivity contribution in [1.82, 2.24) is 4.90 Å². The van der Waals surface area contributed by atoms with Gasteiger partial charge in [-0.3, -0.25) is 9.69 Å². The molecule has 1 saturated heterocycles. The fraction of sp³-hybridized carbons (Fsp3) is 0.800. The van der Waals surface area contributed by atoms with Crippen molar-refractivity contribution in [3.63, 3.8) is 0 Å². The third-order valence-corrected chi connectivity index (χ3v) is 2.91. The van der Waals surface area contributed by atoms with Crippen LogP contribution in [0.3, 0.4) is 0 Å². The molecule has 0 radical (unpaired) electrons. The molecule has 0 aliphatic carbocycles. The van der Waals surface area contributed by atoms with Gasteiger partial charge >= 0.3 is 5.97 Å². The second-order valence-electron chi connectivity index (χ2n) is 3.95. The lowest BCUT2D eigenvalue weighted by Crippen LogP contribution is -2.52. The topological polar surface area (TPSA) is 64.3 Å². The molecule has 0 bridgehead atoms. The Hall–Kier alpha value is -1.08. The van der Waals surface area contributed by atoms with Crippen LogP contribution >= 0.6 is 0 Å². The zero-order valence-corrected chi connectivity index (χ0v) is 8.60. The number of hydrogen-bond acceptors (Lipinski definition) is 3. The zero-order valence-electron chi connectivity index (χ0n) is 8.60. The number of hydrogen-bond donors (Lipinski definition) is 1. The monoisotopic (exact) mass is 196 g/mol. The van der Waals surface area contributed by atoms with Gasteiger partial charge in [-0.15, -0.1) is 0 Å². The van der Waals surface area contributed by atoms with Crippen LogP contribution in [0.5, 0.6) is 0 Å². The molecule has 3 atom stereocenters. The minimum absolute atomic E-state index is 0.136. The summed E-state index contributed by atoms with van der Waals surface area (Å²) in [4.78, 5) is 12.8. The van der Waals surface area contributed by atoms with Crippen LogP contribution in [0, 0.1) is 17.2 Å². The molecular weight excluding hydrogens is 180 g/mol. The summed E-state index contributed by atoms with van der Waals surface area (Å²) in [5, 5.41) is 17.9. The Balaban J connectivity index is 2.81. The van der Waals surface area contributed by atoms with E-state index in [0.717, 1.165) is 19.4 Å². The summed E-state index contributed by atoms with van der Waals surface area (Å²) in [5.74, 6) is -0.670. The molecule has 0 amide bonds. The molecule has 1 heterocycles. The second kappa shape index (κ2) is 4.43. The first-order valence-corrected chi connectivity index (χ1v) is 4.96. The molecule has 3 unspecified atom stereocenters. The van der Waals surface area contributed by atoms with Crippen molar-refractivity contribution in [3.8, 4) is 6.07 Å². The van der Waals surface area contributed by atoms with E-state index in [4.69, 9.17) is 10.4 Å². The van der Waals surface area contributed by atoms with Crippen LogP contribution < -0.4 is 0 Å². The lowest BCUT2D eigenvalue weighted by molar-refractivity contribution is -0.147. The highest BCUT2D eigenvalue weighted by Gasteiger charge is 2.36. The normalized spacial score (nSPS) is 30.6. The molecule has 4 heteroatoms. The summed E-state index contributed by atoms with van der Waals surface area (Å²) in [5.41, 5.74) is 0. The predicted octanol–water partition coefficient (Wildman–Crippen LogP) is 1.08. The summed E-state index contributed by atoms with van der Waals surface area (Å²) in [6.07, 6.45) is 1.92. The molecule has 78 valence electrons. The summed E-state index contributed by atoms with van der Waals surface area (Å²) in [7, 11) is 0. The van der Waals surface area contributed by atoms with E-state index < -0.39 is 12.0 Å². The van der Waals surface area contributed by atoms with Crippen molar-refractivity contribution in [2.75, 3.05) is 6.54 Å². The zero-order chi connectivity index (χ0) is 10.7. The third-order valence-electron chi connectivity index (χ3n) is 2.91. The molecule has 1 rings (SSSR count). The van der Waals surface area contributed by atoms with Crippen LogP contribution in [-0.2, 0) is 4.79 Å². The van der Waals surface area contributed by atoms with Gasteiger partial charge in [-0.25, -0.2) is 0 Å². The smallest absolute Gasteiger partial charge is 0.321 e. The molecule has 14 heavy (non-hydrogen) atoms. The Morgan fingerprint density at radius 3 is 2.86 bits per heavy atom. The average molecular weight is 196 g/mol. The summed E-state index contributed by atoms with van der Waals surface area (Å²) in [6.45, 7) is 4.42. The van der Waals surface area contributed by atoms with Crippen molar-refractivity contribution in [2.45, 2.75) is 38.8 Å². The van der Waals surface area contributed by atoms with E-state index >= 15 is 0 Å². The number of rotatable bonds is 2. The van der Waals surface area contributed by atoms with E-state index in [1.54, 1.807) is 11.8 Å². The SMILES string of the molecule is CC1CCCN(C(C)C#N)C1C(=O)O. The molecule has 1 fully saturated rings. The first kappa shape index (κ1) is 11.0. The Labute approximate surface area is 84.1 Å². The molecule has 0 spiro atoms. The third kappa shape index (κ3) is 2.05. The van der Waals surface area contributed by atoms with E-state index in [-0.39, 0.29) is 12.0 Å². The molecule has 0 aromatic rings. The van der Waals surface area contributed by atoms with Gasteiger partial charge in [0, 0.05) is 6.54 Å². The Morgan fingerprint density at radius 1 is 1.71 bits per heavy atom. The number of carboxylic acid groups (broad SMARTS) is 1. The van der Waals surface area contributed by atoms with Gasteiger partial charge in [-0.05, 0) is 25.7 Å². The number of likely N-dealkylation sites (tertiary alicyclic amines) is 1. The highest BCUT2D eigenvalue weighted by atomic mass is 16.4. The lowest BCUT2D eigenvalue weighted by Gasteiger charge is -2.38. The van der Waals surface area contributed by atoms with Gasteiger partial charge < -0.3 is 5.11 Å². The molecule has 0 aromatic heterocycles. The van der Waals surface area contributed by atoms with Crippen LogP contribution in [0.4, 0.5) is 0 Å². The van der Waals surface area contributed by atoms with Crippen molar-refractivity contribution in [1.29, 1.82) is 5.26 Å². The van der Waals surface area contributed by atoms with Crippen LogP contribution in [0.2, 0.25) is 0 Å². The van der Waals surface area contributed by atoms with E-state index in [9.17, 15) is 4.79 Å². The number of aliphatic carboxylic acids is 1. The van der Waals surface area contributed by atoms with Crippen LogP contribution in [-0.4, -0.2) is 34.6 Å². The molecule has 4 nitrogen and oxygen atoms in total. The van der Waals surface area contributed by atoms with Crippen molar-refractivity contribution >= 4 is 5.97 Å². The Morgan fingerprint density at radius 2 is 2.36 bits per heavy atom. The van der Waals surface area contributed by atoms with Gasteiger partial charge in [0.15, 0.2) is 0 Å². The van der Waals surface area contributed by atoms with Crippen molar-refractivity contribution in [2.24, 2.45) is 5.92 Å². The Bertz CT molecular complexity index is 259. The van der Waals surface area contributed by atoms with Gasteiger partial charge in [0.05, 0.1) is 12.1 Å². The maximum atomic E-state index is 11.0. The van der Waals surface area contributed by atoms with Gasteiger partial charge in [0.2, 0.25) is 0 Å². The van der Waals surface area contributed by atoms with Crippen molar-refractivity contribution in [3.05, 3.63) is 0 Å². The number of carbonyl (C=O) groups is 1. The van der Waals surface area contributed by atoms with Gasteiger partial charge in [0.1, 0.15) is 6.04 Å². The molecule has 1 N–H and O–H groups in total. The van der Waals surface area contributed by atoms with E-state index in [0.29, 0.717) is 0 Å². The fourth-order valence-corrected chi connectivity index (χ4v) is 2.11. The van der Waals surface area contributed by atoms with Crippen LogP contribution in [0.25, 0.3) is 0 Å². The van der Waals surface area contributed by atoms with Gasteiger partial charge in [-0.2, -0.15) is 5.26 Å². The van der Waals surface area contributed by atoms with Crippen LogP contribution in [0.1, 0.15) is 26.7 Å². The number of carboxylic acids is 1. The molecule has 1 aliphatic heterocycles. The van der Waals surface area contributed by atoms with E-state index in [1.807, 2.05) is 6.92 Å². The highest BCUT2D eigenvalue weighted by molar-refractivity contribution is 5.74. The Kier molecular flexibility index (Phi) is 3.48. The predicted molar refractivity (Wildman–Crippen MR) is 51.6 cm³/mol.